The summed E-state index contributed by atoms with van der Waals surface area (Å²) < 4.78 is 0. The molecule has 0 unspecified atom stereocenters. The van der Waals surface area contributed by atoms with Crippen molar-refractivity contribution in [3.05, 3.63) is 71.3 Å². The Balaban J connectivity index is 2.02. The van der Waals surface area contributed by atoms with E-state index in [9.17, 15) is 9.90 Å². The van der Waals surface area contributed by atoms with Crippen LogP contribution in [0.2, 0.25) is 0 Å². The topological polar surface area (TPSA) is 49.3 Å². The number of fused-ring (bicyclic) bond motifs is 1. The lowest BCUT2D eigenvalue weighted by molar-refractivity contribution is 0.102. The van der Waals surface area contributed by atoms with E-state index in [1.807, 2.05) is 62.4 Å². The lowest BCUT2D eigenvalue weighted by Crippen LogP contribution is -2.12. The van der Waals surface area contributed by atoms with Gasteiger partial charge in [-0.25, -0.2) is 0 Å². The molecule has 3 heteroatoms. The molecule has 3 rings (SSSR count). The predicted octanol–water partition coefficient (Wildman–Crippen LogP) is 4.41. The second kappa shape index (κ2) is 5.53. The third-order valence-corrected chi connectivity index (χ3v) is 3.80. The molecule has 0 bridgehead atoms. The Morgan fingerprint density at radius 3 is 2.55 bits per heavy atom. The van der Waals surface area contributed by atoms with Gasteiger partial charge in [-0.1, -0.05) is 36.4 Å². The summed E-state index contributed by atoms with van der Waals surface area (Å²) in [4.78, 5) is 12.5. The molecule has 3 aromatic carbocycles. The molecule has 0 aromatic heterocycles. The second-order valence-electron chi connectivity index (χ2n) is 5.44. The van der Waals surface area contributed by atoms with Crippen molar-refractivity contribution in [1.82, 2.24) is 0 Å². The van der Waals surface area contributed by atoms with Gasteiger partial charge in [-0.3, -0.25) is 4.79 Å². The molecule has 0 saturated heterocycles. The Bertz CT molecular complexity index is 868. The van der Waals surface area contributed by atoms with Gasteiger partial charge in [-0.05, 0) is 53.9 Å². The van der Waals surface area contributed by atoms with Gasteiger partial charge in [0, 0.05) is 5.69 Å². The Labute approximate surface area is 129 Å². The molecule has 0 radical (unpaired) electrons. The standard InChI is InChI=1S/C19H17NO2/c1-12-6-5-8-15(10-12)20-19(22)17-11-14-7-3-4-9-16(14)13(2)18(17)21/h3-11,21H,1-2H3,(H,20,22). The molecule has 3 aromatic rings. The molecule has 0 saturated carbocycles. The van der Waals surface area contributed by atoms with Crippen LogP contribution in [-0.2, 0) is 0 Å². The Hall–Kier alpha value is -2.81. The molecule has 1 amide bonds. The molecule has 22 heavy (non-hydrogen) atoms. The summed E-state index contributed by atoms with van der Waals surface area (Å²) in [5.74, 6) is -0.277. The number of aryl methyl sites for hydroxylation is 2. The molecule has 2 N–H and O–H groups in total. The minimum absolute atomic E-state index is 0.0313. The van der Waals surface area contributed by atoms with Crippen LogP contribution in [0, 0.1) is 13.8 Å². The highest BCUT2D eigenvalue weighted by Gasteiger charge is 2.15. The summed E-state index contributed by atoms with van der Waals surface area (Å²) in [7, 11) is 0. The maximum Gasteiger partial charge on any atom is 0.259 e. The Morgan fingerprint density at radius 2 is 1.77 bits per heavy atom. The highest BCUT2D eigenvalue weighted by molar-refractivity contribution is 6.09. The fourth-order valence-corrected chi connectivity index (χ4v) is 2.61. The van der Waals surface area contributed by atoms with Crippen molar-refractivity contribution < 1.29 is 9.90 Å². The van der Waals surface area contributed by atoms with E-state index in [-0.39, 0.29) is 17.2 Å². The van der Waals surface area contributed by atoms with Crippen LogP contribution >= 0.6 is 0 Å². The van der Waals surface area contributed by atoms with Crippen LogP contribution in [0.5, 0.6) is 5.75 Å². The number of benzene rings is 3. The molecule has 0 fully saturated rings. The molecule has 0 atom stereocenters. The zero-order valence-corrected chi connectivity index (χ0v) is 12.6. The molecule has 3 nitrogen and oxygen atoms in total. The zero-order chi connectivity index (χ0) is 15.7. The van der Waals surface area contributed by atoms with Crippen LogP contribution in [0.25, 0.3) is 10.8 Å². The summed E-state index contributed by atoms with van der Waals surface area (Å²) >= 11 is 0. The van der Waals surface area contributed by atoms with E-state index in [2.05, 4.69) is 5.32 Å². The second-order valence-corrected chi connectivity index (χ2v) is 5.44. The Morgan fingerprint density at radius 1 is 1.00 bits per heavy atom. The average Bonchev–Trinajstić information content (AvgIpc) is 2.51. The van der Waals surface area contributed by atoms with Crippen molar-refractivity contribution >= 4 is 22.4 Å². The highest BCUT2D eigenvalue weighted by atomic mass is 16.3. The molecule has 0 aliphatic heterocycles. The summed E-state index contributed by atoms with van der Waals surface area (Å²) in [5, 5.41) is 15.1. The first-order chi connectivity index (χ1) is 10.6. The maximum atomic E-state index is 12.5. The SMILES string of the molecule is Cc1cccc(NC(=O)c2cc3ccccc3c(C)c2O)c1. The largest absolute Gasteiger partial charge is 0.507 e. The lowest BCUT2D eigenvalue weighted by Gasteiger charge is -2.11. The van der Waals surface area contributed by atoms with E-state index in [0.29, 0.717) is 5.56 Å². The number of rotatable bonds is 2. The summed E-state index contributed by atoms with van der Waals surface area (Å²) in [6.07, 6.45) is 0. The number of phenols is 1. The smallest absolute Gasteiger partial charge is 0.259 e. The minimum Gasteiger partial charge on any atom is -0.507 e. The maximum absolute atomic E-state index is 12.5. The zero-order valence-electron chi connectivity index (χ0n) is 12.6. The molecular weight excluding hydrogens is 274 g/mol. The van der Waals surface area contributed by atoms with Gasteiger partial charge >= 0.3 is 0 Å². The van der Waals surface area contributed by atoms with E-state index >= 15 is 0 Å². The molecule has 0 aliphatic carbocycles. The number of hydrogen-bond acceptors (Lipinski definition) is 2. The van der Waals surface area contributed by atoms with Gasteiger partial charge in [0.2, 0.25) is 0 Å². The number of anilines is 1. The quantitative estimate of drug-likeness (QED) is 0.734. The van der Waals surface area contributed by atoms with Crippen molar-refractivity contribution in [2.75, 3.05) is 5.32 Å². The number of aromatic hydroxyl groups is 1. The van der Waals surface area contributed by atoms with Crippen molar-refractivity contribution in [3.63, 3.8) is 0 Å². The van der Waals surface area contributed by atoms with Gasteiger partial charge in [0.15, 0.2) is 0 Å². The fraction of sp³-hybridized carbons (Fsp3) is 0.105. The van der Waals surface area contributed by atoms with Crippen molar-refractivity contribution in [1.29, 1.82) is 0 Å². The monoisotopic (exact) mass is 291 g/mol. The number of phenolic OH excluding ortho intramolecular Hbond substituents is 1. The summed E-state index contributed by atoms with van der Waals surface area (Å²) in [6.45, 7) is 3.79. The summed E-state index contributed by atoms with van der Waals surface area (Å²) in [6, 6.07) is 17.0. The summed E-state index contributed by atoms with van der Waals surface area (Å²) in [5.41, 5.74) is 2.79. The van der Waals surface area contributed by atoms with Crippen LogP contribution in [0.15, 0.2) is 54.6 Å². The van der Waals surface area contributed by atoms with Crippen LogP contribution in [0.1, 0.15) is 21.5 Å². The number of hydrogen-bond donors (Lipinski definition) is 2. The molecule has 0 aliphatic rings. The minimum atomic E-state index is -0.308. The third kappa shape index (κ3) is 2.53. The normalized spacial score (nSPS) is 10.6. The number of carbonyl (C=O) groups excluding carboxylic acids is 1. The molecular formula is C19H17NO2. The van der Waals surface area contributed by atoms with E-state index in [0.717, 1.165) is 22.0 Å². The van der Waals surface area contributed by atoms with Crippen LogP contribution in [0.4, 0.5) is 5.69 Å². The van der Waals surface area contributed by atoms with Gasteiger partial charge < -0.3 is 10.4 Å². The average molecular weight is 291 g/mol. The van der Waals surface area contributed by atoms with Gasteiger partial charge in [0.1, 0.15) is 5.75 Å². The van der Waals surface area contributed by atoms with Gasteiger partial charge in [-0.2, -0.15) is 0 Å². The van der Waals surface area contributed by atoms with E-state index in [1.54, 1.807) is 6.07 Å². The highest BCUT2D eigenvalue weighted by Crippen LogP contribution is 2.31. The van der Waals surface area contributed by atoms with Crippen molar-refractivity contribution in [3.8, 4) is 5.75 Å². The van der Waals surface area contributed by atoms with E-state index < -0.39 is 0 Å². The van der Waals surface area contributed by atoms with Crippen molar-refractivity contribution in [2.45, 2.75) is 13.8 Å². The van der Waals surface area contributed by atoms with E-state index in [1.165, 1.54) is 0 Å². The molecule has 0 spiro atoms. The van der Waals surface area contributed by atoms with Gasteiger partial charge in [-0.15, -0.1) is 0 Å². The van der Waals surface area contributed by atoms with Crippen LogP contribution in [-0.4, -0.2) is 11.0 Å². The number of nitrogens with one attached hydrogen (secondary N) is 1. The van der Waals surface area contributed by atoms with Crippen molar-refractivity contribution in [2.24, 2.45) is 0 Å². The number of carbonyl (C=O) groups is 1. The lowest BCUT2D eigenvalue weighted by atomic mass is 10.00. The molecule has 0 heterocycles. The first-order valence-corrected chi connectivity index (χ1v) is 7.15. The first-order valence-electron chi connectivity index (χ1n) is 7.15. The molecule has 110 valence electrons. The van der Waals surface area contributed by atoms with E-state index in [4.69, 9.17) is 0 Å². The first kappa shape index (κ1) is 14.1. The fourth-order valence-electron chi connectivity index (χ4n) is 2.61. The predicted molar refractivity (Wildman–Crippen MR) is 89.5 cm³/mol. The third-order valence-electron chi connectivity index (χ3n) is 3.80. The number of amides is 1. The van der Waals surface area contributed by atoms with Gasteiger partial charge in [0.05, 0.1) is 5.56 Å². The van der Waals surface area contributed by atoms with Crippen LogP contribution < -0.4 is 5.32 Å². The van der Waals surface area contributed by atoms with Crippen LogP contribution in [0.3, 0.4) is 0 Å². The van der Waals surface area contributed by atoms with Gasteiger partial charge in [0.25, 0.3) is 5.91 Å². The Kier molecular flexibility index (Phi) is 3.55.